The number of ether oxygens (including phenoxy) is 1. The van der Waals surface area contributed by atoms with Gasteiger partial charge in [-0.3, -0.25) is 0 Å². The number of amides is 1. The lowest BCUT2D eigenvalue weighted by Crippen LogP contribution is -2.33. The summed E-state index contributed by atoms with van der Waals surface area (Å²) in [7, 11) is 0. The summed E-state index contributed by atoms with van der Waals surface area (Å²) in [5.74, 6) is 0. The molecular weight excluding hydrogens is 298 g/mol. The van der Waals surface area contributed by atoms with Gasteiger partial charge in [0.05, 0.1) is 16.3 Å². The topological polar surface area (TPSA) is 75.0 Å². The molecule has 5 nitrogen and oxygen atoms in total. The van der Waals surface area contributed by atoms with E-state index >= 15 is 0 Å². The number of aromatic nitrogens is 1. The summed E-state index contributed by atoms with van der Waals surface area (Å²) in [5.41, 5.74) is 0.526. The predicted octanol–water partition coefficient (Wildman–Crippen LogP) is 3.94. The van der Waals surface area contributed by atoms with Gasteiger partial charge in [0.15, 0.2) is 0 Å². The van der Waals surface area contributed by atoms with Crippen molar-refractivity contribution in [2.75, 3.05) is 6.54 Å². The van der Waals surface area contributed by atoms with E-state index in [1.54, 1.807) is 0 Å². The molecule has 1 rings (SSSR count). The molecule has 6 heteroatoms. The van der Waals surface area contributed by atoms with Gasteiger partial charge in [0.2, 0.25) is 0 Å². The number of nitriles is 1. The second-order valence-electron chi connectivity index (χ2n) is 5.25. The first kappa shape index (κ1) is 19.9. The molecule has 0 fully saturated rings. The van der Waals surface area contributed by atoms with Gasteiger partial charge in [-0.2, -0.15) is 5.26 Å². The van der Waals surface area contributed by atoms with Crippen LogP contribution in [0.15, 0.2) is 25.1 Å². The van der Waals surface area contributed by atoms with Crippen LogP contribution in [0.2, 0.25) is 0 Å². The van der Waals surface area contributed by atoms with Crippen LogP contribution in [0.5, 0.6) is 0 Å². The zero-order valence-corrected chi connectivity index (χ0v) is 14.3. The average Bonchev–Trinajstić information content (AvgIpc) is 2.92. The Balaban J connectivity index is 0.00000211. The van der Waals surface area contributed by atoms with Crippen molar-refractivity contribution in [1.29, 1.82) is 5.26 Å². The van der Waals surface area contributed by atoms with Crippen LogP contribution in [0.25, 0.3) is 5.57 Å². The molecule has 1 aromatic rings. The molecule has 0 aliphatic rings. The number of aryl methyl sites for hydroxylation is 1. The molecule has 1 amide bonds. The second-order valence-corrected chi connectivity index (χ2v) is 6.19. The highest BCUT2D eigenvalue weighted by molar-refractivity contribution is 7.09. The van der Waals surface area contributed by atoms with E-state index in [4.69, 9.17) is 10.00 Å². The fraction of sp³-hybridized carbons (Fsp3) is 0.438. The Labute approximate surface area is 136 Å². The number of nitrogens with one attached hydrogen (secondary N) is 1. The first-order chi connectivity index (χ1) is 10.3. The summed E-state index contributed by atoms with van der Waals surface area (Å²) in [6, 6.07) is 1.97. The third kappa shape index (κ3) is 8.22. The number of thiazole rings is 1. The van der Waals surface area contributed by atoms with Crippen molar-refractivity contribution >= 4 is 23.0 Å². The van der Waals surface area contributed by atoms with Crippen LogP contribution in [0.1, 0.15) is 37.9 Å². The Kier molecular flexibility index (Phi) is 8.80. The molecule has 0 bridgehead atoms. The van der Waals surface area contributed by atoms with E-state index < -0.39 is 11.7 Å². The minimum atomic E-state index is -0.480. The van der Waals surface area contributed by atoms with Crippen LogP contribution in [0.3, 0.4) is 0 Å². The van der Waals surface area contributed by atoms with Crippen LogP contribution >= 0.6 is 11.3 Å². The van der Waals surface area contributed by atoms with Crippen LogP contribution in [-0.4, -0.2) is 23.2 Å². The van der Waals surface area contributed by atoms with Gasteiger partial charge in [-0.25, -0.2) is 9.78 Å². The van der Waals surface area contributed by atoms with E-state index in [1.165, 1.54) is 11.3 Å². The summed E-state index contributed by atoms with van der Waals surface area (Å²) in [6.07, 6.45) is 1.11. The molecule has 0 spiro atoms. The van der Waals surface area contributed by atoms with Crippen molar-refractivity contribution in [2.45, 2.75) is 39.2 Å². The maximum atomic E-state index is 11.4. The van der Waals surface area contributed by atoms with Gasteiger partial charge >= 0.3 is 6.09 Å². The number of hydrogen-bond acceptors (Lipinski definition) is 5. The van der Waals surface area contributed by atoms with Crippen molar-refractivity contribution in [3.05, 3.63) is 35.8 Å². The van der Waals surface area contributed by atoms with Crippen LogP contribution < -0.4 is 5.32 Å². The van der Waals surface area contributed by atoms with Crippen molar-refractivity contribution in [3.63, 3.8) is 0 Å². The molecule has 1 N–H and O–H groups in total. The number of alkyl carbamates (subject to hydrolysis) is 1. The quantitative estimate of drug-likeness (QED) is 0.506. The van der Waals surface area contributed by atoms with E-state index in [9.17, 15) is 4.79 Å². The minimum absolute atomic E-state index is 0.374. The van der Waals surface area contributed by atoms with E-state index in [2.05, 4.69) is 30.0 Å². The molecule has 0 aromatic carbocycles. The maximum absolute atomic E-state index is 11.4. The second kappa shape index (κ2) is 9.74. The predicted molar refractivity (Wildman–Crippen MR) is 90.6 cm³/mol. The Morgan fingerprint density at radius 2 is 2.14 bits per heavy atom. The van der Waals surface area contributed by atoms with Crippen LogP contribution in [0, 0.1) is 11.3 Å². The summed E-state index contributed by atoms with van der Waals surface area (Å²) in [5, 5.41) is 14.2. The normalized spacial score (nSPS) is 9.91. The Morgan fingerprint density at radius 3 is 2.68 bits per heavy atom. The fourth-order valence-electron chi connectivity index (χ4n) is 1.37. The standard InChI is InChI=1S/C14H19N3O2S.C2H4/c1-10(8-15)11-9-20-12(17-11)6-5-7-16-13(18)19-14(2,3)4;1-2/h9H,1,5-7H2,2-4H3,(H,16,18);1-2H2. The number of nitrogens with zero attached hydrogens (tertiary/aromatic N) is 2. The smallest absolute Gasteiger partial charge is 0.407 e. The molecule has 0 atom stereocenters. The van der Waals surface area contributed by atoms with Crippen LogP contribution in [-0.2, 0) is 11.2 Å². The van der Waals surface area contributed by atoms with Gasteiger partial charge in [-0.15, -0.1) is 24.5 Å². The third-order valence-electron chi connectivity index (χ3n) is 2.23. The van der Waals surface area contributed by atoms with Crippen LogP contribution in [0.4, 0.5) is 4.79 Å². The van der Waals surface area contributed by atoms with E-state index in [1.807, 2.05) is 32.2 Å². The zero-order valence-electron chi connectivity index (χ0n) is 13.4. The molecule has 0 unspecified atom stereocenters. The summed E-state index contributed by atoms with van der Waals surface area (Å²) in [6.45, 7) is 15.6. The van der Waals surface area contributed by atoms with Gasteiger partial charge in [0.1, 0.15) is 11.7 Å². The summed E-state index contributed by atoms with van der Waals surface area (Å²) >= 11 is 1.50. The van der Waals surface area contributed by atoms with Gasteiger partial charge < -0.3 is 10.1 Å². The molecule has 0 saturated carbocycles. The highest BCUT2D eigenvalue weighted by atomic mass is 32.1. The molecule has 1 aromatic heterocycles. The van der Waals surface area contributed by atoms with E-state index in [0.29, 0.717) is 17.8 Å². The summed E-state index contributed by atoms with van der Waals surface area (Å²) < 4.78 is 5.13. The zero-order chi connectivity index (χ0) is 17.2. The Hall–Kier alpha value is -2.13. The summed E-state index contributed by atoms with van der Waals surface area (Å²) in [4.78, 5) is 15.7. The van der Waals surface area contributed by atoms with E-state index in [0.717, 1.165) is 17.8 Å². The Bertz CT molecular complexity index is 538. The van der Waals surface area contributed by atoms with Crippen molar-refractivity contribution in [1.82, 2.24) is 10.3 Å². The third-order valence-corrected chi connectivity index (χ3v) is 3.14. The Morgan fingerprint density at radius 1 is 1.50 bits per heavy atom. The highest BCUT2D eigenvalue weighted by Crippen LogP contribution is 2.17. The van der Waals surface area contributed by atoms with Gasteiger partial charge in [0.25, 0.3) is 0 Å². The fourth-order valence-corrected chi connectivity index (χ4v) is 2.22. The number of hydrogen-bond donors (Lipinski definition) is 1. The molecule has 0 aliphatic carbocycles. The van der Waals surface area contributed by atoms with Gasteiger partial charge in [-0.1, -0.05) is 6.58 Å². The minimum Gasteiger partial charge on any atom is -0.444 e. The maximum Gasteiger partial charge on any atom is 0.407 e. The molecule has 120 valence electrons. The number of rotatable bonds is 5. The first-order valence-electron chi connectivity index (χ1n) is 6.82. The highest BCUT2D eigenvalue weighted by Gasteiger charge is 2.15. The molecule has 1 heterocycles. The largest absolute Gasteiger partial charge is 0.444 e. The molecular formula is C16H23N3O2S. The number of carbonyl (C=O) groups excluding carboxylic acids is 1. The van der Waals surface area contributed by atoms with Crippen molar-refractivity contribution in [3.8, 4) is 6.07 Å². The van der Waals surface area contributed by atoms with Crippen molar-refractivity contribution in [2.24, 2.45) is 0 Å². The molecule has 0 saturated heterocycles. The van der Waals surface area contributed by atoms with Gasteiger partial charge in [-0.05, 0) is 27.2 Å². The lowest BCUT2D eigenvalue weighted by molar-refractivity contribution is 0.0527. The van der Waals surface area contributed by atoms with E-state index in [-0.39, 0.29) is 0 Å². The molecule has 22 heavy (non-hydrogen) atoms. The lowest BCUT2D eigenvalue weighted by atomic mass is 10.2. The molecule has 0 aliphatic heterocycles. The van der Waals surface area contributed by atoms with Gasteiger partial charge in [0, 0.05) is 18.3 Å². The average molecular weight is 321 g/mol. The first-order valence-corrected chi connectivity index (χ1v) is 7.70. The SMILES string of the molecule is C=C.C=C(C#N)c1csc(CCCNC(=O)OC(C)(C)C)n1. The lowest BCUT2D eigenvalue weighted by Gasteiger charge is -2.19. The molecule has 0 radical (unpaired) electrons. The monoisotopic (exact) mass is 321 g/mol. The number of allylic oxidation sites excluding steroid dienone is 1. The van der Waals surface area contributed by atoms with Crippen molar-refractivity contribution < 1.29 is 9.53 Å². The number of carbonyl (C=O) groups is 1.